The van der Waals surface area contributed by atoms with Crippen LogP contribution < -0.4 is 20.1 Å². The summed E-state index contributed by atoms with van der Waals surface area (Å²) in [7, 11) is 0. The molecule has 278 valence electrons. The number of amides is 2. The fraction of sp³-hybridized carbons (Fsp3) is 0.317. The minimum atomic E-state index is -0.718. The molecule has 0 atom stereocenters. The van der Waals surface area contributed by atoms with Crippen molar-refractivity contribution in [1.82, 2.24) is 0 Å². The summed E-state index contributed by atoms with van der Waals surface area (Å²) in [6.07, 6.45) is 0.399. The Kier molecular flexibility index (Phi) is 13.1. The van der Waals surface area contributed by atoms with E-state index in [1.54, 1.807) is 19.1 Å². The van der Waals surface area contributed by atoms with E-state index in [2.05, 4.69) is 57.4 Å². The number of carbonyl (C=O) groups is 4. The lowest BCUT2D eigenvalue weighted by Crippen LogP contribution is -2.24. The van der Waals surface area contributed by atoms with E-state index in [4.69, 9.17) is 14.2 Å². The summed E-state index contributed by atoms with van der Waals surface area (Å²) in [6.45, 7) is 13.3. The number of hydrogen-bond donors (Lipinski definition) is 2. The number of rotatable bonds is 16. The minimum absolute atomic E-state index is 0.0101. The average molecular weight is 724 g/mol. The van der Waals surface area contributed by atoms with Crippen LogP contribution in [0.5, 0.6) is 11.5 Å². The maximum Gasteiger partial charge on any atom is 0.338 e. The highest BCUT2D eigenvalue weighted by Gasteiger charge is 2.27. The number of Topliss-reactive ketones (excluding diaryl/α,β-unsaturated/α-hetero) is 1. The first-order valence-electron chi connectivity index (χ1n) is 17.2. The van der Waals surface area contributed by atoms with Crippen LogP contribution in [-0.2, 0) is 14.9 Å². The molecule has 4 aromatic rings. The number of anilines is 2. The van der Waals surface area contributed by atoms with Gasteiger partial charge in [0, 0.05) is 28.9 Å². The number of nitro groups is 1. The summed E-state index contributed by atoms with van der Waals surface area (Å²) in [5.41, 5.74) is 2.14. The highest BCUT2D eigenvalue weighted by Crippen LogP contribution is 2.36. The van der Waals surface area contributed by atoms with Gasteiger partial charge in [0.1, 0.15) is 24.7 Å². The Morgan fingerprint density at radius 2 is 1.42 bits per heavy atom. The van der Waals surface area contributed by atoms with E-state index >= 15 is 0 Å². The SMILES string of the molecule is CCOC(=O)c1ccc(NC(=O)c2ccc(OCCOc3ccc(C(C)(C)CC(C)(C)C)cc3)c(NC(=O)CC(=O)c3cccc([N+](=O)[O-])c3)c2)cc1. The van der Waals surface area contributed by atoms with Crippen molar-refractivity contribution in [3.8, 4) is 11.5 Å². The molecule has 0 aromatic heterocycles. The normalized spacial score (nSPS) is 11.3. The third-order valence-electron chi connectivity index (χ3n) is 8.09. The van der Waals surface area contributed by atoms with Crippen LogP contribution >= 0.6 is 0 Å². The summed E-state index contributed by atoms with van der Waals surface area (Å²) >= 11 is 0. The zero-order chi connectivity index (χ0) is 38.8. The quantitative estimate of drug-likeness (QED) is 0.0289. The maximum atomic E-state index is 13.2. The number of ether oxygens (including phenoxy) is 3. The molecular formula is C41H45N3O9. The Morgan fingerprint density at radius 3 is 2.06 bits per heavy atom. The molecule has 0 saturated heterocycles. The molecule has 2 N–H and O–H groups in total. The van der Waals surface area contributed by atoms with E-state index in [1.807, 2.05) is 12.1 Å². The molecule has 12 heteroatoms. The van der Waals surface area contributed by atoms with Crippen molar-refractivity contribution in [2.45, 2.75) is 59.8 Å². The lowest BCUT2D eigenvalue weighted by molar-refractivity contribution is -0.384. The number of nitro benzene ring substituents is 1. The van der Waals surface area contributed by atoms with Crippen molar-refractivity contribution < 1.29 is 38.3 Å². The van der Waals surface area contributed by atoms with Crippen LogP contribution in [0.3, 0.4) is 0 Å². The largest absolute Gasteiger partial charge is 0.490 e. The van der Waals surface area contributed by atoms with Crippen molar-refractivity contribution >= 4 is 40.6 Å². The molecular weight excluding hydrogens is 678 g/mol. The first-order valence-corrected chi connectivity index (χ1v) is 17.2. The topological polar surface area (TPSA) is 163 Å². The standard InChI is InChI=1S/C41H45N3O9/c1-7-51-39(48)27-11-16-31(17-12-27)42-38(47)29-13-20-36(34(24-29)43-37(46)25-35(45)28-9-8-10-32(23-28)44(49)50)53-22-21-52-33-18-14-30(15-19-33)41(5,6)26-40(2,3)4/h8-20,23-24H,7,21-22,25-26H2,1-6H3,(H,42,47)(H,43,46). The number of non-ortho nitro benzene ring substituents is 1. The molecule has 0 unspecified atom stereocenters. The van der Waals surface area contributed by atoms with Crippen molar-refractivity contribution in [3.05, 3.63) is 123 Å². The van der Waals surface area contributed by atoms with Gasteiger partial charge >= 0.3 is 5.97 Å². The third kappa shape index (κ3) is 11.7. The van der Waals surface area contributed by atoms with Gasteiger partial charge in [0.15, 0.2) is 5.78 Å². The molecule has 0 aliphatic heterocycles. The summed E-state index contributed by atoms with van der Waals surface area (Å²) in [6, 6.07) is 23.7. The lowest BCUT2D eigenvalue weighted by atomic mass is 9.72. The van der Waals surface area contributed by atoms with Gasteiger partial charge in [0.25, 0.3) is 11.6 Å². The minimum Gasteiger partial charge on any atom is -0.490 e. The van der Waals surface area contributed by atoms with Gasteiger partial charge in [0.2, 0.25) is 5.91 Å². The summed E-state index contributed by atoms with van der Waals surface area (Å²) in [5, 5.41) is 16.6. The molecule has 2 amide bonds. The Morgan fingerprint density at radius 1 is 0.755 bits per heavy atom. The molecule has 0 heterocycles. The summed E-state index contributed by atoms with van der Waals surface area (Å²) < 4.78 is 16.9. The van der Waals surface area contributed by atoms with Gasteiger partial charge in [0.05, 0.1) is 29.2 Å². The maximum absolute atomic E-state index is 13.2. The van der Waals surface area contributed by atoms with Crippen LogP contribution in [0.2, 0.25) is 0 Å². The van der Waals surface area contributed by atoms with Gasteiger partial charge in [-0.1, -0.05) is 58.9 Å². The zero-order valence-corrected chi connectivity index (χ0v) is 30.8. The van der Waals surface area contributed by atoms with Gasteiger partial charge in [-0.25, -0.2) is 4.79 Å². The van der Waals surface area contributed by atoms with Crippen LogP contribution in [0.1, 0.15) is 91.0 Å². The Balaban J connectivity index is 1.46. The second kappa shape index (κ2) is 17.5. The molecule has 0 fully saturated rings. The highest BCUT2D eigenvalue weighted by molar-refractivity contribution is 6.12. The average Bonchev–Trinajstić information content (AvgIpc) is 3.10. The first-order chi connectivity index (χ1) is 25.0. The van der Waals surface area contributed by atoms with Crippen LogP contribution in [0.15, 0.2) is 91.0 Å². The number of nitrogens with zero attached hydrogens (tertiary/aromatic N) is 1. The molecule has 53 heavy (non-hydrogen) atoms. The summed E-state index contributed by atoms with van der Waals surface area (Å²) in [4.78, 5) is 61.7. The molecule has 0 spiro atoms. The number of carbonyl (C=O) groups excluding carboxylic acids is 4. The van der Waals surface area contributed by atoms with Crippen molar-refractivity contribution in [2.24, 2.45) is 5.41 Å². The van der Waals surface area contributed by atoms with E-state index in [1.165, 1.54) is 54.1 Å². The molecule has 0 saturated carbocycles. The van der Waals surface area contributed by atoms with Crippen LogP contribution in [0.25, 0.3) is 0 Å². The second-order valence-electron chi connectivity index (χ2n) is 14.3. The van der Waals surface area contributed by atoms with Gasteiger partial charge < -0.3 is 24.8 Å². The van der Waals surface area contributed by atoms with Crippen molar-refractivity contribution in [3.63, 3.8) is 0 Å². The number of benzene rings is 4. The predicted molar refractivity (Wildman–Crippen MR) is 202 cm³/mol. The third-order valence-corrected chi connectivity index (χ3v) is 8.09. The highest BCUT2D eigenvalue weighted by atomic mass is 16.6. The number of esters is 1. The fourth-order valence-electron chi connectivity index (χ4n) is 5.98. The van der Waals surface area contributed by atoms with Gasteiger partial charge in [-0.2, -0.15) is 0 Å². The Bertz CT molecular complexity index is 1950. The lowest BCUT2D eigenvalue weighted by Gasteiger charge is -2.33. The van der Waals surface area contributed by atoms with Gasteiger partial charge in [-0.15, -0.1) is 0 Å². The van der Waals surface area contributed by atoms with E-state index in [-0.39, 0.29) is 58.9 Å². The van der Waals surface area contributed by atoms with E-state index in [0.29, 0.717) is 17.0 Å². The second-order valence-corrected chi connectivity index (χ2v) is 14.3. The van der Waals surface area contributed by atoms with Gasteiger partial charge in [-0.05, 0) is 84.3 Å². The van der Waals surface area contributed by atoms with Crippen molar-refractivity contribution in [2.75, 3.05) is 30.5 Å². The Labute approximate surface area is 309 Å². The zero-order valence-electron chi connectivity index (χ0n) is 30.8. The van der Waals surface area contributed by atoms with Crippen LogP contribution in [0.4, 0.5) is 17.1 Å². The Hall–Kier alpha value is -6.04. The molecule has 0 aliphatic carbocycles. The van der Waals surface area contributed by atoms with E-state index in [9.17, 15) is 29.3 Å². The molecule has 12 nitrogen and oxygen atoms in total. The van der Waals surface area contributed by atoms with Crippen LogP contribution in [-0.4, -0.2) is 48.3 Å². The number of hydrogen-bond acceptors (Lipinski definition) is 9. The van der Waals surface area contributed by atoms with E-state index in [0.717, 1.165) is 12.5 Å². The molecule has 0 radical (unpaired) electrons. The first kappa shape index (κ1) is 39.7. The molecule has 4 aromatic carbocycles. The smallest absolute Gasteiger partial charge is 0.338 e. The summed E-state index contributed by atoms with van der Waals surface area (Å²) in [5.74, 6) is -1.46. The van der Waals surface area contributed by atoms with Crippen molar-refractivity contribution in [1.29, 1.82) is 0 Å². The molecule has 0 aliphatic rings. The molecule has 4 rings (SSSR count). The van der Waals surface area contributed by atoms with Gasteiger partial charge in [-0.3, -0.25) is 24.5 Å². The molecule has 0 bridgehead atoms. The van der Waals surface area contributed by atoms with Crippen LogP contribution in [0, 0.1) is 15.5 Å². The number of nitrogens with one attached hydrogen (secondary N) is 2. The fourth-order valence-corrected chi connectivity index (χ4v) is 5.98. The number of ketones is 1. The van der Waals surface area contributed by atoms with E-state index < -0.39 is 34.9 Å². The monoisotopic (exact) mass is 723 g/mol. The predicted octanol–water partition coefficient (Wildman–Crippen LogP) is 8.41.